The van der Waals surface area contributed by atoms with Crippen LogP contribution in [0.15, 0.2) is 103 Å². The summed E-state index contributed by atoms with van der Waals surface area (Å²) in [7, 11) is 0. The molecule has 0 fully saturated rings. The topological polar surface area (TPSA) is 0 Å². The lowest BCUT2D eigenvalue weighted by molar-refractivity contribution is 0.612. The molecule has 0 aromatic heterocycles. The van der Waals surface area contributed by atoms with Crippen LogP contribution in [0.1, 0.15) is 69.4 Å². The Morgan fingerprint density at radius 2 is 1.28 bits per heavy atom. The van der Waals surface area contributed by atoms with E-state index in [1.807, 2.05) is 0 Å². The largest absolute Gasteiger partial charge is 0.100 e. The van der Waals surface area contributed by atoms with Crippen molar-refractivity contribution >= 4 is 27.1 Å². The van der Waals surface area contributed by atoms with Crippen LogP contribution in [0.25, 0.3) is 38.2 Å². The van der Waals surface area contributed by atoms with Crippen LogP contribution in [0, 0.1) is 0 Å². The van der Waals surface area contributed by atoms with Crippen molar-refractivity contribution in [3.63, 3.8) is 0 Å². The molecule has 0 amide bonds. The Bertz CT molecular complexity index is 1360. The van der Waals surface area contributed by atoms with Crippen LogP contribution in [0.3, 0.4) is 0 Å². The van der Waals surface area contributed by atoms with Gasteiger partial charge in [0.1, 0.15) is 0 Å². The molecule has 0 radical (unpaired) electrons. The zero-order valence-corrected chi connectivity index (χ0v) is 21.7. The molecule has 0 atom stereocenters. The average Bonchev–Trinajstić information content (AvgIpc) is 2.92. The highest BCUT2D eigenvalue weighted by Crippen LogP contribution is 2.43. The van der Waals surface area contributed by atoms with Crippen LogP contribution in [0.4, 0.5) is 0 Å². The molecule has 36 heavy (non-hydrogen) atoms. The van der Waals surface area contributed by atoms with E-state index in [2.05, 4.69) is 105 Å². The van der Waals surface area contributed by atoms with Gasteiger partial charge in [-0.2, -0.15) is 0 Å². The lowest BCUT2D eigenvalue weighted by atomic mass is 9.84. The van der Waals surface area contributed by atoms with Gasteiger partial charge < -0.3 is 0 Å². The maximum absolute atomic E-state index is 4.01. The first-order valence-electron chi connectivity index (χ1n) is 13.8. The molecule has 4 aromatic rings. The molecule has 0 saturated carbocycles. The molecule has 0 spiro atoms. The molecule has 0 N–H and O–H groups in total. The van der Waals surface area contributed by atoms with Crippen molar-refractivity contribution in [1.82, 2.24) is 0 Å². The first-order chi connectivity index (χ1) is 17.7. The molecule has 4 aromatic carbocycles. The van der Waals surface area contributed by atoms with E-state index in [9.17, 15) is 0 Å². The monoisotopic (exact) mass is 470 g/mol. The van der Waals surface area contributed by atoms with Gasteiger partial charge in [0.05, 0.1) is 0 Å². The van der Waals surface area contributed by atoms with Gasteiger partial charge in [-0.3, -0.25) is 0 Å². The number of unbranched alkanes of at least 4 members (excludes halogenated alkanes) is 4. The Balaban J connectivity index is 1.43. The summed E-state index contributed by atoms with van der Waals surface area (Å²) in [5.41, 5.74) is 8.30. The molecular formula is C36H38. The minimum absolute atomic E-state index is 1.10. The van der Waals surface area contributed by atoms with Crippen LogP contribution >= 0.6 is 0 Å². The van der Waals surface area contributed by atoms with Gasteiger partial charge in [-0.25, -0.2) is 0 Å². The molecule has 5 rings (SSSR count). The highest BCUT2D eigenvalue weighted by molar-refractivity contribution is 6.18. The maximum atomic E-state index is 4.01. The number of benzene rings is 4. The summed E-state index contributed by atoms with van der Waals surface area (Å²) in [4.78, 5) is 0. The summed E-state index contributed by atoms with van der Waals surface area (Å²) in [6.45, 7) is 6.15. The summed E-state index contributed by atoms with van der Waals surface area (Å²) in [6, 6.07) is 27.4. The van der Waals surface area contributed by atoms with E-state index >= 15 is 0 Å². The maximum Gasteiger partial charge on any atom is -0.00264 e. The minimum Gasteiger partial charge on any atom is -0.100 e. The van der Waals surface area contributed by atoms with E-state index < -0.39 is 0 Å². The van der Waals surface area contributed by atoms with Crippen LogP contribution in [0.5, 0.6) is 0 Å². The Kier molecular flexibility index (Phi) is 7.82. The molecule has 1 aliphatic rings. The van der Waals surface area contributed by atoms with Gasteiger partial charge >= 0.3 is 0 Å². The molecule has 0 nitrogen and oxygen atoms in total. The average molecular weight is 471 g/mol. The Labute approximate surface area is 217 Å². The fourth-order valence-electron chi connectivity index (χ4n) is 5.72. The third kappa shape index (κ3) is 5.39. The zero-order chi connectivity index (χ0) is 24.7. The van der Waals surface area contributed by atoms with E-state index in [-0.39, 0.29) is 0 Å². The number of fused-ring (bicyclic) bond motifs is 2. The lowest BCUT2D eigenvalue weighted by Crippen LogP contribution is -1.95. The van der Waals surface area contributed by atoms with Crippen LogP contribution in [-0.4, -0.2) is 0 Å². The van der Waals surface area contributed by atoms with Crippen molar-refractivity contribution in [1.29, 1.82) is 0 Å². The number of hydrogen-bond donors (Lipinski definition) is 0. The van der Waals surface area contributed by atoms with Crippen molar-refractivity contribution in [2.75, 3.05) is 0 Å². The van der Waals surface area contributed by atoms with Crippen molar-refractivity contribution in [3.05, 3.63) is 114 Å². The fourth-order valence-corrected chi connectivity index (χ4v) is 5.72. The summed E-state index contributed by atoms with van der Waals surface area (Å²) in [5.74, 6) is 0. The quantitative estimate of drug-likeness (QED) is 0.123. The summed E-state index contributed by atoms with van der Waals surface area (Å²) in [6.07, 6.45) is 17.9. The second-order valence-corrected chi connectivity index (χ2v) is 10.4. The van der Waals surface area contributed by atoms with Crippen LogP contribution in [0.2, 0.25) is 0 Å². The molecular weight excluding hydrogens is 432 g/mol. The molecule has 0 heteroatoms. The Morgan fingerprint density at radius 1 is 0.694 bits per heavy atom. The first-order valence-corrected chi connectivity index (χ1v) is 13.8. The molecule has 0 heterocycles. The van der Waals surface area contributed by atoms with E-state index in [1.54, 1.807) is 0 Å². The SMILES string of the molecule is C=C(C)CCCCCCCc1ccc(-c2c3ccccc3c(C3=CC=CCC3)c3ccccc23)cc1. The predicted molar refractivity (Wildman–Crippen MR) is 159 cm³/mol. The summed E-state index contributed by atoms with van der Waals surface area (Å²) < 4.78 is 0. The highest BCUT2D eigenvalue weighted by atomic mass is 14.2. The second kappa shape index (κ2) is 11.6. The smallest absolute Gasteiger partial charge is 0.00264 e. The number of hydrogen-bond acceptors (Lipinski definition) is 0. The lowest BCUT2D eigenvalue weighted by Gasteiger charge is -2.20. The van der Waals surface area contributed by atoms with Gasteiger partial charge in [-0.15, -0.1) is 6.58 Å². The van der Waals surface area contributed by atoms with Gasteiger partial charge in [0.15, 0.2) is 0 Å². The molecule has 0 unspecified atom stereocenters. The fraction of sp³-hybridized carbons (Fsp3) is 0.278. The number of rotatable bonds is 10. The predicted octanol–water partition coefficient (Wildman–Crippen LogP) is 10.9. The van der Waals surface area contributed by atoms with Crippen molar-refractivity contribution in [3.8, 4) is 11.1 Å². The van der Waals surface area contributed by atoms with Crippen molar-refractivity contribution < 1.29 is 0 Å². The van der Waals surface area contributed by atoms with Gasteiger partial charge in [0, 0.05) is 0 Å². The Hall–Kier alpha value is -3.38. The normalized spacial score (nSPS) is 13.3. The molecule has 0 bridgehead atoms. The van der Waals surface area contributed by atoms with Gasteiger partial charge in [-0.1, -0.05) is 116 Å². The van der Waals surface area contributed by atoms with E-state index in [1.165, 1.54) is 99.9 Å². The Morgan fingerprint density at radius 3 is 1.86 bits per heavy atom. The van der Waals surface area contributed by atoms with Crippen LogP contribution in [-0.2, 0) is 6.42 Å². The zero-order valence-electron chi connectivity index (χ0n) is 21.7. The van der Waals surface area contributed by atoms with Crippen molar-refractivity contribution in [2.45, 2.75) is 64.7 Å². The molecule has 182 valence electrons. The number of allylic oxidation sites excluding steroid dienone is 5. The molecule has 0 saturated heterocycles. The summed E-state index contributed by atoms with van der Waals surface area (Å²) >= 11 is 0. The second-order valence-electron chi connectivity index (χ2n) is 10.4. The van der Waals surface area contributed by atoms with E-state index in [0.717, 1.165) is 12.8 Å². The highest BCUT2D eigenvalue weighted by Gasteiger charge is 2.17. The van der Waals surface area contributed by atoms with Gasteiger partial charge in [-0.05, 0) is 94.8 Å². The standard InChI is InChI=1S/C36H38/c1-27(2)15-7-4-3-5-8-16-28-23-25-30(26-24-28)36-33-21-13-11-19-31(33)35(29-17-9-6-10-18-29)32-20-12-14-22-34(32)36/h6,9,11-14,17,19-26H,1,3-5,7-8,10,15-16,18H2,2H3. The third-order valence-corrected chi connectivity index (χ3v) is 7.58. The summed E-state index contributed by atoms with van der Waals surface area (Å²) in [5, 5.41) is 5.43. The minimum atomic E-state index is 1.10. The third-order valence-electron chi connectivity index (χ3n) is 7.58. The molecule has 1 aliphatic carbocycles. The van der Waals surface area contributed by atoms with Gasteiger partial charge in [0.2, 0.25) is 0 Å². The van der Waals surface area contributed by atoms with E-state index in [0.29, 0.717) is 0 Å². The number of aryl methyl sites for hydroxylation is 1. The molecule has 0 aliphatic heterocycles. The van der Waals surface area contributed by atoms with Gasteiger partial charge in [0.25, 0.3) is 0 Å². The van der Waals surface area contributed by atoms with E-state index in [4.69, 9.17) is 0 Å². The first kappa shape index (κ1) is 24.3. The van der Waals surface area contributed by atoms with Crippen molar-refractivity contribution in [2.24, 2.45) is 0 Å². The van der Waals surface area contributed by atoms with Crippen LogP contribution < -0.4 is 0 Å².